The third-order valence-corrected chi connectivity index (χ3v) is 4.22. The molecule has 2 rings (SSSR count). The topological polar surface area (TPSA) is 12.0 Å². The molecule has 0 saturated carbocycles. The Morgan fingerprint density at radius 3 is 2.47 bits per heavy atom. The van der Waals surface area contributed by atoms with E-state index in [1.54, 1.807) is 0 Å². The van der Waals surface area contributed by atoms with Crippen molar-refractivity contribution in [2.45, 2.75) is 19.4 Å². The van der Waals surface area contributed by atoms with Gasteiger partial charge in [-0.2, -0.15) is 0 Å². The first-order chi connectivity index (χ1) is 9.22. The fourth-order valence-corrected chi connectivity index (χ4v) is 2.57. The van der Waals surface area contributed by atoms with Crippen molar-refractivity contribution in [3.05, 3.63) is 69.2 Å². The van der Waals surface area contributed by atoms with Crippen molar-refractivity contribution in [1.82, 2.24) is 5.32 Å². The Kier molecular flexibility index (Phi) is 5.44. The number of nitrogens with one attached hydrogen (secondary N) is 1. The average Bonchev–Trinajstić information content (AvgIpc) is 2.44. The third kappa shape index (κ3) is 3.82. The van der Waals surface area contributed by atoms with E-state index in [2.05, 4.69) is 64.6 Å². The average molecular weight is 339 g/mol. The van der Waals surface area contributed by atoms with Gasteiger partial charge in [0.15, 0.2) is 0 Å². The van der Waals surface area contributed by atoms with Gasteiger partial charge in [-0.25, -0.2) is 0 Å². The maximum Gasteiger partial charge on any atom is 0.0577 e. The van der Waals surface area contributed by atoms with E-state index in [1.807, 2.05) is 12.1 Å². The second-order valence-electron chi connectivity index (χ2n) is 4.47. The summed E-state index contributed by atoms with van der Waals surface area (Å²) in [7, 11) is 0. The molecule has 0 aliphatic heterocycles. The van der Waals surface area contributed by atoms with Gasteiger partial charge in [-0.05, 0) is 52.2 Å². The van der Waals surface area contributed by atoms with Crippen molar-refractivity contribution in [2.24, 2.45) is 0 Å². The molecular formula is C16H17BrClN. The lowest BCUT2D eigenvalue weighted by Crippen LogP contribution is -2.23. The molecule has 0 saturated heterocycles. The molecule has 0 aliphatic carbocycles. The minimum Gasteiger partial charge on any atom is -0.306 e. The molecule has 1 N–H and O–H groups in total. The van der Waals surface area contributed by atoms with Gasteiger partial charge in [0, 0.05) is 4.47 Å². The second kappa shape index (κ2) is 7.09. The van der Waals surface area contributed by atoms with Crippen LogP contribution >= 0.6 is 27.5 Å². The van der Waals surface area contributed by atoms with Crippen LogP contribution in [0.3, 0.4) is 0 Å². The molecular weight excluding hydrogens is 322 g/mol. The molecule has 19 heavy (non-hydrogen) atoms. The Morgan fingerprint density at radius 1 is 1.11 bits per heavy atom. The Balaban J connectivity index is 2.34. The summed E-state index contributed by atoms with van der Waals surface area (Å²) < 4.78 is 0.936. The molecule has 2 aromatic carbocycles. The largest absolute Gasteiger partial charge is 0.306 e. The van der Waals surface area contributed by atoms with Crippen molar-refractivity contribution in [3.8, 4) is 0 Å². The zero-order chi connectivity index (χ0) is 13.7. The summed E-state index contributed by atoms with van der Waals surface area (Å²) in [5.41, 5.74) is 2.49. The molecule has 1 nitrogen and oxygen atoms in total. The van der Waals surface area contributed by atoms with Crippen LogP contribution in [0.5, 0.6) is 0 Å². The van der Waals surface area contributed by atoms with Crippen LogP contribution < -0.4 is 5.32 Å². The fraction of sp³-hybridized carbons (Fsp3) is 0.250. The molecule has 0 fully saturated rings. The number of rotatable bonds is 5. The molecule has 0 heterocycles. The summed E-state index contributed by atoms with van der Waals surface area (Å²) in [5, 5.41) is 4.33. The standard InChI is InChI=1S/C16H17BrClN/c1-2-10-19-16(12-6-4-3-5-7-12)13-8-9-15(18)14(17)11-13/h3-9,11,16,19H,2,10H2,1H3. The number of benzene rings is 2. The van der Waals surface area contributed by atoms with Gasteiger partial charge in [-0.15, -0.1) is 0 Å². The summed E-state index contributed by atoms with van der Waals surface area (Å²) in [4.78, 5) is 0. The zero-order valence-corrected chi connectivity index (χ0v) is 13.2. The minimum absolute atomic E-state index is 0.203. The van der Waals surface area contributed by atoms with E-state index in [1.165, 1.54) is 11.1 Å². The van der Waals surface area contributed by atoms with Gasteiger partial charge in [-0.1, -0.05) is 54.9 Å². The van der Waals surface area contributed by atoms with Gasteiger partial charge < -0.3 is 5.32 Å². The Labute approximate surface area is 128 Å². The first-order valence-corrected chi connectivity index (χ1v) is 7.62. The van der Waals surface area contributed by atoms with E-state index >= 15 is 0 Å². The summed E-state index contributed by atoms with van der Waals surface area (Å²) in [6.45, 7) is 3.16. The van der Waals surface area contributed by atoms with Crippen LogP contribution in [0.2, 0.25) is 5.02 Å². The van der Waals surface area contributed by atoms with Crippen molar-refractivity contribution in [3.63, 3.8) is 0 Å². The van der Waals surface area contributed by atoms with Crippen molar-refractivity contribution in [1.29, 1.82) is 0 Å². The van der Waals surface area contributed by atoms with E-state index in [0.717, 1.165) is 22.5 Å². The Hall–Kier alpha value is -0.830. The number of hydrogen-bond donors (Lipinski definition) is 1. The minimum atomic E-state index is 0.203. The molecule has 0 aliphatic rings. The van der Waals surface area contributed by atoms with Crippen molar-refractivity contribution in [2.75, 3.05) is 6.54 Å². The highest BCUT2D eigenvalue weighted by Crippen LogP contribution is 2.29. The molecule has 100 valence electrons. The quantitative estimate of drug-likeness (QED) is 0.791. The van der Waals surface area contributed by atoms with Crippen LogP contribution in [-0.2, 0) is 0 Å². The molecule has 0 aromatic heterocycles. The van der Waals surface area contributed by atoms with E-state index in [4.69, 9.17) is 11.6 Å². The van der Waals surface area contributed by atoms with E-state index in [-0.39, 0.29) is 6.04 Å². The molecule has 0 amide bonds. The van der Waals surface area contributed by atoms with Gasteiger partial charge in [-0.3, -0.25) is 0 Å². The summed E-state index contributed by atoms with van der Waals surface area (Å²) in [5.74, 6) is 0. The predicted octanol–water partition coefficient (Wildman–Crippen LogP) is 5.19. The van der Waals surface area contributed by atoms with Crippen LogP contribution in [-0.4, -0.2) is 6.54 Å². The maximum atomic E-state index is 6.07. The van der Waals surface area contributed by atoms with Crippen molar-refractivity contribution >= 4 is 27.5 Å². The Morgan fingerprint density at radius 2 is 1.84 bits per heavy atom. The lowest BCUT2D eigenvalue weighted by molar-refractivity contribution is 0.598. The molecule has 3 heteroatoms. The Bertz CT molecular complexity index is 528. The second-order valence-corrected chi connectivity index (χ2v) is 5.73. The molecule has 0 spiro atoms. The number of halogens is 2. The van der Waals surface area contributed by atoms with Crippen LogP contribution in [0.1, 0.15) is 30.5 Å². The van der Waals surface area contributed by atoms with Gasteiger partial charge in [0.2, 0.25) is 0 Å². The van der Waals surface area contributed by atoms with E-state index < -0.39 is 0 Å². The monoisotopic (exact) mass is 337 g/mol. The van der Waals surface area contributed by atoms with Crippen molar-refractivity contribution < 1.29 is 0 Å². The van der Waals surface area contributed by atoms with Crippen LogP contribution in [0, 0.1) is 0 Å². The molecule has 1 unspecified atom stereocenters. The van der Waals surface area contributed by atoms with Crippen LogP contribution in [0.4, 0.5) is 0 Å². The summed E-state index contributed by atoms with van der Waals surface area (Å²) in [6.07, 6.45) is 1.11. The molecule has 0 radical (unpaired) electrons. The normalized spacial score (nSPS) is 12.4. The zero-order valence-electron chi connectivity index (χ0n) is 10.9. The third-order valence-electron chi connectivity index (χ3n) is 3.01. The molecule has 0 bridgehead atoms. The first-order valence-electron chi connectivity index (χ1n) is 6.45. The fourth-order valence-electron chi connectivity index (χ4n) is 2.05. The summed E-state index contributed by atoms with van der Waals surface area (Å²) in [6, 6.07) is 16.8. The van der Waals surface area contributed by atoms with Crippen LogP contribution in [0.25, 0.3) is 0 Å². The lowest BCUT2D eigenvalue weighted by atomic mass is 9.98. The van der Waals surface area contributed by atoms with Gasteiger partial charge in [0.25, 0.3) is 0 Å². The maximum absolute atomic E-state index is 6.07. The van der Waals surface area contributed by atoms with Crippen LogP contribution in [0.15, 0.2) is 53.0 Å². The van der Waals surface area contributed by atoms with E-state index in [0.29, 0.717) is 0 Å². The SMILES string of the molecule is CCCNC(c1ccccc1)c1ccc(Cl)c(Br)c1. The van der Waals surface area contributed by atoms with E-state index in [9.17, 15) is 0 Å². The lowest BCUT2D eigenvalue weighted by Gasteiger charge is -2.20. The smallest absolute Gasteiger partial charge is 0.0577 e. The molecule has 1 atom stereocenters. The number of hydrogen-bond acceptors (Lipinski definition) is 1. The highest BCUT2D eigenvalue weighted by molar-refractivity contribution is 9.10. The first kappa shape index (κ1) is 14.6. The summed E-state index contributed by atoms with van der Waals surface area (Å²) >= 11 is 9.56. The predicted molar refractivity (Wildman–Crippen MR) is 85.7 cm³/mol. The van der Waals surface area contributed by atoms with Gasteiger partial charge in [0.05, 0.1) is 11.1 Å². The van der Waals surface area contributed by atoms with Gasteiger partial charge >= 0.3 is 0 Å². The highest BCUT2D eigenvalue weighted by Gasteiger charge is 2.13. The highest BCUT2D eigenvalue weighted by atomic mass is 79.9. The van der Waals surface area contributed by atoms with Gasteiger partial charge in [0.1, 0.15) is 0 Å². The molecule has 2 aromatic rings.